The summed E-state index contributed by atoms with van der Waals surface area (Å²) in [7, 11) is 0. The van der Waals surface area contributed by atoms with E-state index in [0.29, 0.717) is 10.4 Å². The van der Waals surface area contributed by atoms with E-state index in [9.17, 15) is 4.79 Å². The van der Waals surface area contributed by atoms with Gasteiger partial charge in [0.15, 0.2) is 0 Å². The van der Waals surface area contributed by atoms with Crippen LogP contribution in [0, 0.1) is 0 Å². The molecule has 15 heavy (non-hydrogen) atoms. The van der Waals surface area contributed by atoms with Gasteiger partial charge in [0.25, 0.3) is 5.56 Å². The van der Waals surface area contributed by atoms with Gasteiger partial charge in [-0.3, -0.25) is 4.79 Å². The van der Waals surface area contributed by atoms with Crippen LogP contribution in [0.25, 0.3) is 11.3 Å². The molecular formula is C10H9N3O2. The molecule has 0 aliphatic rings. The van der Waals surface area contributed by atoms with Crippen LogP contribution in [0.5, 0.6) is 0 Å². The molecule has 0 spiro atoms. The smallest absolute Gasteiger partial charge is 0.288 e. The SMILES string of the molecule is Nc1nc(-c2ccccc2)cc(=O)n1O. The Kier molecular flexibility index (Phi) is 2.13. The van der Waals surface area contributed by atoms with Gasteiger partial charge in [0, 0.05) is 11.6 Å². The van der Waals surface area contributed by atoms with Crippen LogP contribution < -0.4 is 11.3 Å². The predicted molar refractivity (Wildman–Crippen MR) is 55.5 cm³/mol. The van der Waals surface area contributed by atoms with Crippen molar-refractivity contribution >= 4 is 5.95 Å². The van der Waals surface area contributed by atoms with Gasteiger partial charge in [-0.25, -0.2) is 4.98 Å². The van der Waals surface area contributed by atoms with Gasteiger partial charge in [0.1, 0.15) is 0 Å². The summed E-state index contributed by atoms with van der Waals surface area (Å²) in [5.41, 5.74) is 5.99. The molecule has 0 bridgehead atoms. The number of anilines is 1. The maximum absolute atomic E-state index is 11.2. The van der Waals surface area contributed by atoms with Crippen LogP contribution in [-0.2, 0) is 0 Å². The Balaban J connectivity index is 2.61. The highest BCUT2D eigenvalue weighted by Crippen LogP contribution is 2.14. The third-order valence-electron chi connectivity index (χ3n) is 1.99. The predicted octanol–water partition coefficient (Wildman–Crippen LogP) is 0.730. The number of aromatic nitrogens is 2. The summed E-state index contributed by atoms with van der Waals surface area (Å²) in [6.45, 7) is 0. The molecule has 0 fully saturated rings. The van der Waals surface area contributed by atoms with Gasteiger partial charge in [-0.1, -0.05) is 30.3 Å². The fourth-order valence-electron chi connectivity index (χ4n) is 1.25. The molecule has 0 saturated heterocycles. The average Bonchev–Trinajstić information content (AvgIpc) is 2.26. The van der Waals surface area contributed by atoms with Gasteiger partial charge in [0.05, 0.1) is 5.69 Å². The zero-order valence-corrected chi connectivity index (χ0v) is 7.79. The first-order chi connectivity index (χ1) is 7.18. The van der Waals surface area contributed by atoms with Gasteiger partial charge in [0.2, 0.25) is 5.95 Å². The summed E-state index contributed by atoms with van der Waals surface area (Å²) in [4.78, 5) is 15.1. The van der Waals surface area contributed by atoms with E-state index in [4.69, 9.17) is 10.9 Å². The lowest BCUT2D eigenvalue weighted by atomic mass is 10.1. The van der Waals surface area contributed by atoms with Crippen LogP contribution >= 0.6 is 0 Å². The molecule has 2 rings (SSSR count). The fraction of sp³-hybridized carbons (Fsp3) is 0. The lowest BCUT2D eigenvalue weighted by molar-refractivity contribution is 0.178. The molecule has 0 radical (unpaired) electrons. The monoisotopic (exact) mass is 203 g/mol. The minimum absolute atomic E-state index is 0.221. The molecule has 76 valence electrons. The second-order valence-corrected chi connectivity index (χ2v) is 3.02. The average molecular weight is 203 g/mol. The van der Waals surface area contributed by atoms with Gasteiger partial charge in [-0.05, 0) is 0 Å². The van der Waals surface area contributed by atoms with Crippen LogP contribution in [0.2, 0.25) is 0 Å². The van der Waals surface area contributed by atoms with Crippen LogP contribution in [0.4, 0.5) is 5.95 Å². The van der Waals surface area contributed by atoms with Crippen molar-refractivity contribution in [3.05, 3.63) is 46.8 Å². The van der Waals surface area contributed by atoms with Gasteiger partial charge >= 0.3 is 0 Å². The summed E-state index contributed by atoms with van der Waals surface area (Å²) < 4.78 is 0.312. The Morgan fingerprint density at radius 2 is 1.93 bits per heavy atom. The standard InChI is InChI=1S/C10H9N3O2/c11-10-12-8(6-9(14)13(10)15)7-4-2-1-3-5-7/h1-6,15H,(H2,11,12). The summed E-state index contributed by atoms with van der Waals surface area (Å²) in [5, 5.41) is 9.09. The summed E-state index contributed by atoms with van der Waals surface area (Å²) in [5.74, 6) is -0.221. The molecule has 1 aromatic heterocycles. The third-order valence-corrected chi connectivity index (χ3v) is 1.99. The second-order valence-electron chi connectivity index (χ2n) is 3.02. The van der Waals surface area contributed by atoms with Crippen molar-refractivity contribution in [2.24, 2.45) is 0 Å². The van der Waals surface area contributed by atoms with E-state index < -0.39 is 5.56 Å². The molecule has 5 nitrogen and oxygen atoms in total. The molecule has 3 N–H and O–H groups in total. The minimum Gasteiger partial charge on any atom is -0.422 e. The number of nitrogens with zero attached hydrogens (tertiary/aromatic N) is 2. The highest BCUT2D eigenvalue weighted by molar-refractivity contribution is 5.59. The molecule has 0 unspecified atom stereocenters. The van der Waals surface area contributed by atoms with Gasteiger partial charge < -0.3 is 10.9 Å². The number of rotatable bonds is 1. The van der Waals surface area contributed by atoms with Crippen molar-refractivity contribution < 1.29 is 5.21 Å². The number of nitrogens with two attached hydrogens (primary N) is 1. The van der Waals surface area contributed by atoms with Crippen LogP contribution in [0.3, 0.4) is 0 Å². The Bertz CT molecular complexity index is 534. The molecule has 5 heteroatoms. The van der Waals surface area contributed by atoms with E-state index in [-0.39, 0.29) is 5.95 Å². The van der Waals surface area contributed by atoms with Crippen LogP contribution in [0.1, 0.15) is 0 Å². The molecule has 0 amide bonds. The molecule has 0 saturated carbocycles. The lowest BCUT2D eigenvalue weighted by Gasteiger charge is -2.03. The third kappa shape index (κ3) is 1.67. The molecule has 0 aliphatic carbocycles. The molecule has 0 aliphatic heterocycles. The van der Waals surface area contributed by atoms with E-state index in [0.717, 1.165) is 5.56 Å². The Labute approximate surface area is 85.4 Å². The molecule has 2 aromatic rings. The largest absolute Gasteiger partial charge is 0.422 e. The molecule has 1 heterocycles. The van der Waals surface area contributed by atoms with Crippen molar-refractivity contribution in [3.63, 3.8) is 0 Å². The van der Waals surface area contributed by atoms with Crippen LogP contribution in [0.15, 0.2) is 41.2 Å². The van der Waals surface area contributed by atoms with Gasteiger partial charge in [-0.2, -0.15) is 0 Å². The maximum atomic E-state index is 11.2. The Morgan fingerprint density at radius 3 is 2.53 bits per heavy atom. The van der Waals surface area contributed by atoms with E-state index in [1.165, 1.54) is 6.07 Å². The Hall–Kier alpha value is -2.30. The van der Waals surface area contributed by atoms with Crippen molar-refractivity contribution in [3.8, 4) is 11.3 Å². The normalized spacial score (nSPS) is 10.1. The highest BCUT2D eigenvalue weighted by Gasteiger charge is 2.05. The summed E-state index contributed by atoms with van der Waals surface area (Å²) >= 11 is 0. The topological polar surface area (TPSA) is 81.1 Å². The van der Waals surface area contributed by atoms with Crippen molar-refractivity contribution in [2.75, 3.05) is 5.73 Å². The maximum Gasteiger partial charge on any atom is 0.288 e. The van der Waals surface area contributed by atoms with Crippen molar-refractivity contribution in [1.29, 1.82) is 0 Å². The fourth-order valence-corrected chi connectivity index (χ4v) is 1.25. The van der Waals surface area contributed by atoms with Crippen molar-refractivity contribution in [1.82, 2.24) is 9.71 Å². The van der Waals surface area contributed by atoms with E-state index in [1.807, 2.05) is 30.3 Å². The molecular weight excluding hydrogens is 194 g/mol. The quantitative estimate of drug-likeness (QED) is 0.669. The first-order valence-electron chi connectivity index (χ1n) is 4.33. The highest BCUT2D eigenvalue weighted by atomic mass is 16.5. The van der Waals surface area contributed by atoms with Crippen LogP contribution in [-0.4, -0.2) is 14.9 Å². The first-order valence-corrected chi connectivity index (χ1v) is 4.33. The van der Waals surface area contributed by atoms with E-state index in [2.05, 4.69) is 4.98 Å². The summed E-state index contributed by atoms with van der Waals surface area (Å²) in [6, 6.07) is 10.4. The number of hydrogen-bond donors (Lipinski definition) is 2. The van der Waals surface area contributed by atoms with E-state index >= 15 is 0 Å². The lowest BCUT2D eigenvalue weighted by Crippen LogP contribution is -2.21. The number of hydrogen-bond acceptors (Lipinski definition) is 4. The summed E-state index contributed by atoms with van der Waals surface area (Å²) in [6.07, 6.45) is 0. The number of nitrogen functional groups attached to an aromatic ring is 1. The second kappa shape index (κ2) is 3.45. The van der Waals surface area contributed by atoms with Gasteiger partial charge in [-0.15, -0.1) is 4.73 Å². The molecule has 1 aromatic carbocycles. The number of benzene rings is 1. The first kappa shape index (κ1) is 9.26. The molecule has 0 atom stereocenters. The Morgan fingerprint density at radius 1 is 1.27 bits per heavy atom. The zero-order chi connectivity index (χ0) is 10.8. The zero-order valence-electron chi connectivity index (χ0n) is 7.79. The van der Waals surface area contributed by atoms with E-state index in [1.54, 1.807) is 0 Å². The van der Waals surface area contributed by atoms with Crippen molar-refractivity contribution in [2.45, 2.75) is 0 Å². The minimum atomic E-state index is -0.596.